The van der Waals surface area contributed by atoms with Crippen LogP contribution >= 0.6 is 11.6 Å². The largest absolute Gasteiger partial charge is 0.416 e. The molecular weight excluding hydrogens is 535 g/mol. The van der Waals surface area contributed by atoms with Crippen molar-refractivity contribution < 1.29 is 31.5 Å². The number of pyridine rings is 1. The number of anilines is 2. The van der Waals surface area contributed by atoms with Crippen molar-refractivity contribution in [2.24, 2.45) is 0 Å². The quantitative estimate of drug-likeness (QED) is 0.432. The van der Waals surface area contributed by atoms with Crippen LogP contribution in [-0.4, -0.2) is 85.6 Å². The Hall–Kier alpha value is -3.03. The number of likely N-dealkylation sites (N-methyl/N-ethyl adjacent to an activating group) is 1. The number of rotatable bonds is 6. The fourth-order valence-electron chi connectivity index (χ4n) is 4.54. The molecule has 38 heavy (non-hydrogen) atoms. The number of nitrogens with one attached hydrogen (secondary N) is 1. The highest BCUT2D eigenvalue weighted by molar-refractivity contribution is 6.31. The molecule has 1 N–H and O–H groups in total. The van der Waals surface area contributed by atoms with Gasteiger partial charge >= 0.3 is 12.2 Å². The van der Waals surface area contributed by atoms with Crippen molar-refractivity contribution >= 4 is 35.0 Å². The Morgan fingerprint density at radius 2 is 1.87 bits per heavy atom. The van der Waals surface area contributed by atoms with E-state index in [9.17, 15) is 31.5 Å². The summed E-state index contributed by atoms with van der Waals surface area (Å²) in [5.74, 6) is -3.35. The molecule has 2 aliphatic rings. The maximum absolute atomic E-state index is 14.7. The SMILES string of the molecule is Cc1cc(C(F)(F)F)cc(N2C(=O)N(CCN3CCNCC3)C[C@H]2C(=O)N(C)c2ccc(F)c(Cl)c2F)n1. The summed E-state index contributed by atoms with van der Waals surface area (Å²) in [4.78, 5) is 36.4. The molecule has 8 nitrogen and oxygen atoms in total. The lowest BCUT2D eigenvalue weighted by Crippen LogP contribution is -2.47. The minimum Gasteiger partial charge on any atom is -0.320 e. The Balaban J connectivity index is 1.68. The van der Waals surface area contributed by atoms with E-state index >= 15 is 0 Å². The summed E-state index contributed by atoms with van der Waals surface area (Å²) in [5, 5.41) is 2.41. The summed E-state index contributed by atoms with van der Waals surface area (Å²) in [7, 11) is 1.21. The number of hydrogen-bond donors (Lipinski definition) is 1. The van der Waals surface area contributed by atoms with Crippen molar-refractivity contribution in [3.8, 4) is 0 Å². The Bertz CT molecular complexity index is 1220. The van der Waals surface area contributed by atoms with Gasteiger partial charge in [-0.1, -0.05) is 11.6 Å². The van der Waals surface area contributed by atoms with Gasteiger partial charge in [0.05, 0.1) is 17.8 Å². The van der Waals surface area contributed by atoms with Crippen molar-refractivity contribution in [1.29, 1.82) is 0 Å². The monoisotopic (exact) mass is 560 g/mol. The summed E-state index contributed by atoms with van der Waals surface area (Å²) in [6, 6.07) is 1.43. The van der Waals surface area contributed by atoms with Gasteiger partial charge in [-0.15, -0.1) is 0 Å². The number of benzene rings is 1. The second-order valence-corrected chi connectivity index (χ2v) is 9.53. The first-order valence-electron chi connectivity index (χ1n) is 11.9. The molecule has 3 heterocycles. The second kappa shape index (κ2) is 11.0. The number of carbonyl (C=O) groups excluding carboxylic acids is 2. The number of nitrogens with zero attached hydrogens (tertiary/aromatic N) is 5. The number of halogens is 6. The molecule has 2 aromatic rings. The van der Waals surface area contributed by atoms with Crippen LogP contribution in [0.15, 0.2) is 24.3 Å². The van der Waals surface area contributed by atoms with E-state index in [1.807, 2.05) is 0 Å². The van der Waals surface area contributed by atoms with E-state index in [4.69, 9.17) is 11.6 Å². The maximum atomic E-state index is 14.7. The predicted octanol–water partition coefficient (Wildman–Crippen LogP) is 3.52. The normalized spacial score (nSPS) is 18.8. The Morgan fingerprint density at radius 1 is 1.18 bits per heavy atom. The first-order valence-corrected chi connectivity index (χ1v) is 12.2. The molecule has 14 heteroatoms. The lowest BCUT2D eigenvalue weighted by atomic mass is 10.1. The highest BCUT2D eigenvalue weighted by atomic mass is 35.5. The van der Waals surface area contributed by atoms with E-state index in [2.05, 4.69) is 15.2 Å². The van der Waals surface area contributed by atoms with E-state index in [-0.39, 0.29) is 30.3 Å². The van der Waals surface area contributed by atoms with Gasteiger partial charge in [0.2, 0.25) is 0 Å². The average Bonchev–Trinajstić information content (AvgIpc) is 3.21. The standard InChI is InChI=1S/C24H26ClF5N6O2/c1-14-11-15(24(28,29)30)12-19(32-14)36-18(13-35(23(36)38)10-9-34-7-5-31-6-8-34)22(37)33(2)17-4-3-16(26)20(25)21(17)27/h3-4,11-12,18,31H,5-10,13H2,1-2H3/t18-/m0/s1. The van der Waals surface area contributed by atoms with E-state index in [1.54, 1.807) is 0 Å². The molecule has 4 rings (SSSR count). The third-order valence-electron chi connectivity index (χ3n) is 6.58. The summed E-state index contributed by atoms with van der Waals surface area (Å²) < 4.78 is 69.0. The molecule has 1 aromatic carbocycles. The van der Waals surface area contributed by atoms with Gasteiger partial charge in [-0.25, -0.2) is 18.6 Å². The molecule has 3 amide bonds. The van der Waals surface area contributed by atoms with Crippen molar-refractivity contribution in [2.75, 3.05) is 62.7 Å². The topological polar surface area (TPSA) is 72.0 Å². The number of piperazine rings is 1. The number of aryl methyl sites for hydroxylation is 1. The molecule has 0 spiro atoms. The molecular formula is C24H26ClF5N6O2. The Morgan fingerprint density at radius 3 is 2.53 bits per heavy atom. The first kappa shape index (κ1) is 28.0. The molecule has 1 aromatic heterocycles. The highest BCUT2D eigenvalue weighted by Crippen LogP contribution is 2.34. The average molecular weight is 561 g/mol. The second-order valence-electron chi connectivity index (χ2n) is 9.15. The fraction of sp³-hybridized carbons (Fsp3) is 0.458. The summed E-state index contributed by atoms with van der Waals surface area (Å²) in [6.45, 7) is 4.98. The number of carbonyl (C=O) groups is 2. The minimum atomic E-state index is -4.71. The molecule has 0 unspecified atom stereocenters. The number of alkyl halides is 3. The number of amides is 3. The van der Waals surface area contributed by atoms with Gasteiger partial charge < -0.3 is 15.1 Å². The molecule has 2 saturated heterocycles. The number of aromatic nitrogens is 1. The molecule has 206 valence electrons. The van der Waals surface area contributed by atoms with Crippen molar-refractivity contribution in [3.05, 3.63) is 52.2 Å². The zero-order chi connectivity index (χ0) is 27.8. The van der Waals surface area contributed by atoms with Crippen LogP contribution in [0, 0.1) is 18.6 Å². The molecule has 0 aliphatic carbocycles. The van der Waals surface area contributed by atoms with Crippen LogP contribution in [-0.2, 0) is 11.0 Å². The summed E-state index contributed by atoms with van der Waals surface area (Å²) in [6.07, 6.45) is -4.71. The molecule has 1 atom stereocenters. The Labute approximate surface area is 220 Å². The summed E-state index contributed by atoms with van der Waals surface area (Å²) in [5.41, 5.74) is -1.37. The van der Waals surface area contributed by atoms with Crippen molar-refractivity contribution in [3.63, 3.8) is 0 Å². The third kappa shape index (κ3) is 5.69. The van der Waals surface area contributed by atoms with Crippen LogP contribution < -0.4 is 15.1 Å². The van der Waals surface area contributed by atoms with Crippen LogP contribution in [0.5, 0.6) is 0 Å². The van der Waals surface area contributed by atoms with Gasteiger partial charge in [-0.2, -0.15) is 13.2 Å². The van der Waals surface area contributed by atoms with Crippen molar-refractivity contribution in [1.82, 2.24) is 20.1 Å². The number of urea groups is 1. The van der Waals surface area contributed by atoms with Gasteiger partial charge in [-0.3, -0.25) is 14.6 Å². The van der Waals surface area contributed by atoms with Crippen LogP contribution in [0.1, 0.15) is 11.3 Å². The fourth-order valence-corrected chi connectivity index (χ4v) is 4.70. The van der Waals surface area contributed by atoms with E-state index in [0.29, 0.717) is 12.6 Å². The first-order chi connectivity index (χ1) is 17.9. The van der Waals surface area contributed by atoms with Crippen molar-refractivity contribution in [2.45, 2.75) is 19.1 Å². The van der Waals surface area contributed by atoms with Crippen LogP contribution in [0.25, 0.3) is 0 Å². The zero-order valence-electron chi connectivity index (χ0n) is 20.7. The zero-order valence-corrected chi connectivity index (χ0v) is 21.4. The molecule has 0 radical (unpaired) electrons. The lowest BCUT2D eigenvalue weighted by Gasteiger charge is -2.28. The van der Waals surface area contributed by atoms with Gasteiger partial charge in [-0.05, 0) is 31.2 Å². The molecule has 0 bridgehead atoms. The third-order valence-corrected chi connectivity index (χ3v) is 6.93. The van der Waals surface area contributed by atoms with E-state index in [0.717, 1.165) is 54.2 Å². The van der Waals surface area contributed by atoms with Gasteiger partial charge in [0.15, 0.2) is 5.82 Å². The van der Waals surface area contributed by atoms with Gasteiger partial charge in [0.25, 0.3) is 5.91 Å². The van der Waals surface area contributed by atoms with Crippen LogP contribution in [0.3, 0.4) is 0 Å². The lowest BCUT2D eigenvalue weighted by molar-refractivity contribution is -0.137. The highest BCUT2D eigenvalue weighted by Gasteiger charge is 2.45. The molecule has 2 fully saturated rings. The maximum Gasteiger partial charge on any atom is 0.416 e. The molecule has 0 saturated carbocycles. The number of hydrogen-bond acceptors (Lipinski definition) is 5. The van der Waals surface area contributed by atoms with E-state index in [1.165, 1.54) is 18.9 Å². The predicted molar refractivity (Wildman–Crippen MR) is 131 cm³/mol. The molecule has 2 aliphatic heterocycles. The van der Waals surface area contributed by atoms with Crippen LogP contribution in [0.2, 0.25) is 5.02 Å². The minimum absolute atomic E-state index is 0.00203. The smallest absolute Gasteiger partial charge is 0.320 e. The summed E-state index contributed by atoms with van der Waals surface area (Å²) >= 11 is 5.67. The van der Waals surface area contributed by atoms with E-state index < -0.39 is 46.4 Å². The Kier molecular flexibility index (Phi) is 8.09. The van der Waals surface area contributed by atoms with Gasteiger partial charge in [0.1, 0.15) is 22.7 Å². The van der Waals surface area contributed by atoms with Crippen LogP contribution in [0.4, 0.5) is 38.3 Å². The van der Waals surface area contributed by atoms with Gasteiger partial charge in [0, 0.05) is 52.0 Å².